The van der Waals surface area contributed by atoms with Gasteiger partial charge in [0.2, 0.25) is 5.91 Å². The first-order valence-corrected chi connectivity index (χ1v) is 11.3. The van der Waals surface area contributed by atoms with Crippen molar-refractivity contribution in [2.75, 3.05) is 6.54 Å². The molecular formula is C23H23Cl3N2O2. The van der Waals surface area contributed by atoms with Crippen molar-refractivity contribution in [2.45, 2.75) is 44.8 Å². The van der Waals surface area contributed by atoms with Crippen molar-refractivity contribution >= 4 is 46.4 Å². The summed E-state index contributed by atoms with van der Waals surface area (Å²) in [7, 11) is 0. The van der Waals surface area contributed by atoms with Gasteiger partial charge in [-0.3, -0.25) is 4.79 Å². The Morgan fingerprint density at radius 1 is 1.07 bits per heavy atom. The standard InChI is InChI=1S/C23H23Cl3N2O2/c24-18-7-3-4-15(10-18)13-28(23(29)16-5-1-2-6-16)14-19-12-22(27-30-19)17-8-9-20(25)21(26)11-17/h3-4,7-11,16,19H,1-2,5-6,12-14H2/t19-/m1/s1. The van der Waals surface area contributed by atoms with Crippen molar-refractivity contribution in [3.8, 4) is 0 Å². The summed E-state index contributed by atoms with van der Waals surface area (Å²) in [6, 6.07) is 13.1. The molecule has 1 atom stereocenters. The fourth-order valence-electron chi connectivity index (χ4n) is 4.14. The lowest BCUT2D eigenvalue weighted by Crippen LogP contribution is -2.40. The molecule has 0 aromatic heterocycles. The van der Waals surface area contributed by atoms with Gasteiger partial charge in [-0.1, -0.05) is 71.0 Å². The Labute approximate surface area is 191 Å². The summed E-state index contributed by atoms with van der Waals surface area (Å²) in [5.41, 5.74) is 2.71. The Kier molecular flexibility index (Phi) is 6.87. The molecule has 7 heteroatoms. The molecule has 1 saturated carbocycles. The first-order valence-electron chi connectivity index (χ1n) is 10.2. The van der Waals surface area contributed by atoms with Gasteiger partial charge in [-0.2, -0.15) is 0 Å². The average Bonchev–Trinajstić information content (AvgIpc) is 3.41. The SMILES string of the molecule is O=C(C1CCCC1)N(Cc1cccc(Cl)c1)C[C@H]1CC(c2ccc(Cl)c(Cl)c2)=NO1. The van der Waals surface area contributed by atoms with E-state index in [1.54, 1.807) is 12.1 Å². The third-order valence-electron chi connectivity index (χ3n) is 5.69. The van der Waals surface area contributed by atoms with E-state index in [1.807, 2.05) is 35.2 Å². The summed E-state index contributed by atoms with van der Waals surface area (Å²) in [4.78, 5) is 20.8. The molecule has 0 N–H and O–H groups in total. The Hall–Kier alpha value is -1.75. The number of amides is 1. The molecule has 0 radical (unpaired) electrons. The maximum atomic E-state index is 13.2. The van der Waals surface area contributed by atoms with Crippen LogP contribution in [0.5, 0.6) is 0 Å². The lowest BCUT2D eigenvalue weighted by Gasteiger charge is -2.27. The zero-order valence-electron chi connectivity index (χ0n) is 16.5. The van der Waals surface area contributed by atoms with Crippen LogP contribution in [0.25, 0.3) is 0 Å². The Morgan fingerprint density at radius 2 is 1.87 bits per heavy atom. The van der Waals surface area contributed by atoms with E-state index in [4.69, 9.17) is 39.6 Å². The highest BCUT2D eigenvalue weighted by Gasteiger charge is 2.31. The highest BCUT2D eigenvalue weighted by molar-refractivity contribution is 6.42. The topological polar surface area (TPSA) is 41.9 Å². The Bertz CT molecular complexity index is 957. The van der Waals surface area contributed by atoms with Gasteiger partial charge in [-0.05, 0) is 42.7 Å². The number of nitrogens with zero attached hydrogens (tertiary/aromatic N) is 2. The van der Waals surface area contributed by atoms with Crippen LogP contribution in [0.2, 0.25) is 15.1 Å². The Balaban J connectivity index is 1.46. The Morgan fingerprint density at radius 3 is 2.60 bits per heavy atom. The minimum Gasteiger partial charge on any atom is -0.390 e. The fourth-order valence-corrected chi connectivity index (χ4v) is 4.65. The molecule has 1 heterocycles. The van der Waals surface area contributed by atoms with E-state index >= 15 is 0 Å². The van der Waals surface area contributed by atoms with Crippen molar-refractivity contribution in [3.63, 3.8) is 0 Å². The van der Waals surface area contributed by atoms with Gasteiger partial charge in [0.15, 0.2) is 6.10 Å². The fraction of sp³-hybridized carbons (Fsp3) is 0.391. The predicted molar refractivity (Wildman–Crippen MR) is 121 cm³/mol. The zero-order chi connectivity index (χ0) is 21.1. The van der Waals surface area contributed by atoms with Crippen LogP contribution in [0.3, 0.4) is 0 Å². The summed E-state index contributed by atoms with van der Waals surface area (Å²) in [5.74, 6) is 0.292. The van der Waals surface area contributed by atoms with Crippen LogP contribution in [0.4, 0.5) is 0 Å². The van der Waals surface area contributed by atoms with Crippen molar-refractivity contribution in [1.29, 1.82) is 0 Å². The molecule has 4 nitrogen and oxygen atoms in total. The molecule has 1 aliphatic carbocycles. The monoisotopic (exact) mass is 464 g/mol. The number of carbonyl (C=O) groups excluding carboxylic acids is 1. The number of oxime groups is 1. The van der Waals surface area contributed by atoms with Gasteiger partial charge < -0.3 is 9.74 Å². The summed E-state index contributed by atoms with van der Waals surface area (Å²) in [6.45, 7) is 0.994. The number of carbonyl (C=O) groups is 1. The third-order valence-corrected chi connectivity index (χ3v) is 6.66. The zero-order valence-corrected chi connectivity index (χ0v) is 18.8. The maximum Gasteiger partial charge on any atom is 0.226 e. The lowest BCUT2D eigenvalue weighted by molar-refractivity contribution is -0.137. The van der Waals surface area contributed by atoms with E-state index in [9.17, 15) is 4.79 Å². The van der Waals surface area contributed by atoms with E-state index < -0.39 is 0 Å². The summed E-state index contributed by atoms with van der Waals surface area (Å²) in [5, 5.41) is 5.91. The van der Waals surface area contributed by atoms with Gasteiger partial charge in [-0.25, -0.2) is 0 Å². The van der Waals surface area contributed by atoms with Crippen molar-refractivity contribution in [1.82, 2.24) is 4.90 Å². The number of halogens is 3. The number of hydrogen-bond donors (Lipinski definition) is 0. The maximum absolute atomic E-state index is 13.2. The average molecular weight is 466 g/mol. The molecule has 1 fully saturated rings. The second-order valence-corrected chi connectivity index (χ2v) is 9.18. The minimum absolute atomic E-state index is 0.0982. The molecule has 2 aliphatic rings. The van der Waals surface area contributed by atoms with Gasteiger partial charge >= 0.3 is 0 Å². The van der Waals surface area contributed by atoms with E-state index in [-0.39, 0.29) is 17.9 Å². The van der Waals surface area contributed by atoms with Gasteiger partial charge in [-0.15, -0.1) is 0 Å². The van der Waals surface area contributed by atoms with Gasteiger partial charge in [0.05, 0.1) is 22.3 Å². The van der Waals surface area contributed by atoms with Crippen LogP contribution < -0.4 is 0 Å². The van der Waals surface area contributed by atoms with Crippen LogP contribution in [0.15, 0.2) is 47.6 Å². The van der Waals surface area contributed by atoms with Crippen LogP contribution in [0, 0.1) is 5.92 Å². The molecule has 0 saturated heterocycles. The first-order chi connectivity index (χ1) is 14.5. The second kappa shape index (κ2) is 9.59. The summed E-state index contributed by atoms with van der Waals surface area (Å²) >= 11 is 18.3. The second-order valence-electron chi connectivity index (χ2n) is 7.93. The molecule has 30 heavy (non-hydrogen) atoms. The van der Waals surface area contributed by atoms with Crippen molar-refractivity contribution in [3.05, 3.63) is 68.7 Å². The number of rotatable bonds is 6. The van der Waals surface area contributed by atoms with Crippen molar-refractivity contribution in [2.24, 2.45) is 11.1 Å². The van der Waals surface area contributed by atoms with Gasteiger partial charge in [0.1, 0.15) is 0 Å². The molecule has 1 aliphatic heterocycles. The third kappa shape index (κ3) is 5.11. The van der Waals surface area contributed by atoms with Gasteiger partial charge in [0.25, 0.3) is 0 Å². The van der Waals surface area contributed by atoms with Crippen LogP contribution in [0.1, 0.15) is 43.2 Å². The normalized spacial score (nSPS) is 18.9. The van der Waals surface area contributed by atoms with E-state index in [0.717, 1.165) is 42.5 Å². The van der Waals surface area contributed by atoms with Crippen LogP contribution >= 0.6 is 34.8 Å². The molecule has 0 spiro atoms. The van der Waals surface area contributed by atoms with E-state index in [2.05, 4.69) is 5.16 Å². The quantitative estimate of drug-likeness (QED) is 0.498. The van der Waals surface area contributed by atoms with Crippen LogP contribution in [-0.2, 0) is 16.2 Å². The molecular weight excluding hydrogens is 443 g/mol. The smallest absolute Gasteiger partial charge is 0.226 e. The molecule has 4 rings (SSSR count). The number of hydrogen-bond acceptors (Lipinski definition) is 3. The lowest BCUT2D eigenvalue weighted by atomic mass is 10.0. The summed E-state index contributed by atoms with van der Waals surface area (Å²) < 4.78 is 0. The molecule has 1 amide bonds. The van der Waals surface area contributed by atoms with Gasteiger partial charge in [0, 0.05) is 29.5 Å². The largest absolute Gasteiger partial charge is 0.390 e. The van der Waals surface area contributed by atoms with E-state index in [0.29, 0.717) is 34.6 Å². The highest BCUT2D eigenvalue weighted by Crippen LogP contribution is 2.29. The van der Waals surface area contributed by atoms with Crippen LogP contribution in [-0.4, -0.2) is 29.2 Å². The minimum atomic E-state index is -0.195. The molecule has 2 aromatic rings. The first kappa shape index (κ1) is 21.5. The number of benzene rings is 2. The molecule has 0 bridgehead atoms. The van der Waals surface area contributed by atoms with E-state index in [1.165, 1.54) is 0 Å². The molecule has 2 aromatic carbocycles. The molecule has 158 valence electrons. The summed E-state index contributed by atoms with van der Waals surface area (Å²) in [6.07, 6.45) is 4.57. The predicted octanol–water partition coefficient (Wildman–Crippen LogP) is 6.36. The molecule has 0 unspecified atom stereocenters. The highest BCUT2D eigenvalue weighted by atomic mass is 35.5. The van der Waals surface area contributed by atoms with Crippen molar-refractivity contribution < 1.29 is 9.63 Å².